The first-order chi connectivity index (χ1) is 3.41. The Morgan fingerprint density at radius 1 is 1.71 bits per heavy atom. The van der Waals surface area contributed by atoms with Gasteiger partial charge in [0.25, 0.3) is 0 Å². The van der Waals surface area contributed by atoms with Crippen molar-refractivity contribution >= 4 is 18.0 Å². The minimum absolute atomic E-state index is 0.629. The molecule has 0 aliphatic carbocycles. The number of allylic oxidation sites excluding steroid dienone is 1. The molecule has 0 atom stereocenters. The number of hydrogen-bond donors (Lipinski definition) is 0. The molecule has 0 aromatic rings. The van der Waals surface area contributed by atoms with E-state index in [2.05, 4.69) is 0 Å². The molecular formula is C4H3NOS. The summed E-state index contributed by atoms with van der Waals surface area (Å²) < 4.78 is 0. The Morgan fingerprint density at radius 3 is 2.86 bits per heavy atom. The van der Waals surface area contributed by atoms with Gasteiger partial charge in [-0.3, -0.25) is 4.79 Å². The van der Waals surface area contributed by atoms with Crippen LogP contribution in [-0.2, 0) is 4.79 Å². The summed E-state index contributed by atoms with van der Waals surface area (Å²) in [5.41, 5.74) is 0. The van der Waals surface area contributed by atoms with E-state index in [1.54, 1.807) is 5.40 Å². The number of thiocyanates is 1. The summed E-state index contributed by atoms with van der Waals surface area (Å²) in [5.74, 6) is 0. The van der Waals surface area contributed by atoms with Crippen LogP contribution in [0.4, 0.5) is 0 Å². The van der Waals surface area contributed by atoms with Crippen molar-refractivity contribution in [2.75, 3.05) is 0 Å². The summed E-state index contributed by atoms with van der Waals surface area (Å²) in [4.78, 5) is 9.47. The van der Waals surface area contributed by atoms with Gasteiger partial charge in [0.2, 0.25) is 0 Å². The van der Waals surface area contributed by atoms with Crippen molar-refractivity contribution in [3.05, 3.63) is 11.5 Å². The summed E-state index contributed by atoms with van der Waals surface area (Å²) in [6.07, 6.45) is 1.90. The molecule has 0 heterocycles. The van der Waals surface area contributed by atoms with Crippen molar-refractivity contribution in [3.8, 4) is 5.40 Å². The van der Waals surface area contributed by atoms with Gasteiger partial charge in [-0.1, -0.05) is 0 Å². The largest absolute Gasteiger partial charge is 0.299 e. The zero-order valence-corrected chi connectivity index (χ0v) is 4.31. The maximum atomic E-state index is 9.47. The standard InChI is InChI=1S/C4H3NOS/c5-4-7-3-1-2-6/h1-3H/b3-1+. The number of carbonyl (C=O) groups is 1. The molecule has 0 rings (SSSR count). The molecule has 0 spiro atoms. The molecule has 0 aromatic carbocycles. The highest BCUT2D eigenvalue weighted by Gasteiger charge is 1.66. The van der Waals surface area contributed by atoms with Crippen molar-refractivity contribution in [1.82, 2.24) is 0 Å². The number of rotatable bonds is 2. The third-order valence-corrected chi connectivity index (χ3v) is 0.677. The molecule has 3 heteroatoms. The molecule has 0 aliphatic rings. The molecular weight excluding hydrogens is 110 g/mol. The first-order valence-corrected chi connectivity index (χ1v) is 2.45. The fraction of sp³-hybridized carbons (Fsp3) is 0. The quantitative estimate of drug-likeness (QED) is 0.303. The van der Waals surface area contributed by atoms with Crippen LogP contribution in [0.5, 0.6) is 0 Å². The SMILES string of the molecule is N#CS/C=C/C=O. The van der Waals surface area contributed by atoms with E-state index in [1.165, 1.54) is 11.5 Å². The van der Waals surface area contributed by atoms with E-state index in [0.29, 0.717) is 6.29 Å². The molecule has 7 heavy (non-hydrogen) atoms. The second-order valence-electron chi connectivity index (χ2n) is 0.674. The van der Waals surface area contributed by atoms with Crippen LogP contribution in [0.1, 0.15) is 0 Å². The number of thioether (sulfide) groups is 1. The van der Waals surface area contributed by atoms with Crippen molar-refractivity contribution in [3.63, 3.8) is 0 Å². The van der Waals surface area contributed by atoms with Crippen molar-refractivity contribution in [2.24, 2.45) is 0 Å². The van der Waals surface area contributed by atoms with Crippen molar-refractivity contribution < 1.29 is 4.79 Å². The Balaban J connectivity index is 3.13. The highest BCUT2D eigenvalue weighted by atomic mass is 32.2. The van der Waals surface area contributed by atoms with Crippen LogP contribution in [0.25, 0.3) is 0 Å². The Morgan fingerprint density at radius 2 is 2.43 bits per heavy atom. The van der Waals surface area contributed by atoms with Crippen molar-refractivity contribution in [1.29, 1.82) is 5.26 Å². The van der Waals surface area contributed by atoms with Gasteiger partial charge in [0, 0.05) is 0 Å². The highest BCUT2D eigenvalue weighted by Crippen LogP contribution is 1.94. The molecule has 0 radical (unpaired) electrons. The van der Waals surface area contributed by atoms with Gasteiger partial charge >= 0.3 is 0 Å². The minimum Gasteiger partial charge on any atom is -0.299 e. The van der Waals surface area contributed by atoms with Crippen LogP contribution in [-0.4, -0.2) is 6.29 Å². The third-order valence-electron chi connectivity index (χ3n) is 0.278. The molecule has 0 saturated carbocycles. The van der Waals surface area contributed by atoms with Gasteiger partial charge in [0.1, 0.15) is 11.7 Å². The number of nitriles is 1. The van der Waals surface area contributed by atoms with E-state index < -0.39 is 0 Å². The number of nitrogens with zero attached hydrogens (tertiary/aromatic N) is 1. The van der Waals surface area contributed by atoms with Gasteiger partial charge in [0.05, 0.1) is 0 Å². The Labute approximate surface area is 45.8 Å². The first kappa shape index (κ1) is 6.25. The van der Waals surface area contributed by atoms with E-state index in [1.807, 2.05) is 0 Å². The second-order valence-corrected chi connectivity index (χ2v) is 1.36. The molecule has 0 aromatic heterocycles. The zero-order chi connectivity index (χ0) is 5.54. The molecule has 0 fully saturated rings. The molecule has 36 valence electrons. The lowest BCUT2D eigenvalue weighted by molar-refractivity contribution is -0.104. The lowest BCUT2D eigenvalue weighted by Crippen LogP contribution is -1.52. The summed E-state index contributed by atoms with van der Waals surface area (Å²) in [5, 5.41) is 11.0. The van der Waals surface area contributed by atoms with Gasteiger partial charge in [-0.05, 0) is 23.2 Å². The third kappa shape index (κ3) is 5.25. The summed E-state index contributed by atoms with van der Waals surface area (Å²) in [6, 6.07) is 0. The highest BCUT2D eigenvalue weighted by molar-refractivity contribution is 8.06. The molecule has 0 unspecified atom stereocenters. The van der Waals surface area contributed by atoms with E-state index in [4.69, 9.17) is 5.26 Å². The van der Waals surface area contributed by atoms with E-state index >= 15 is 0 Å². The summed E-state index contributed by atoms with van der Waals surface area (Å²) >= 11 is 0.926. The fourth-order valence-corrected chi connectivity index (χ4v) is 0.305. The molecule has 0 aliphatic heterocycles. The fourth-order valence-electron chi connectivity index (χ4n) is 0.102. The molecule has 0 N–H and O–H groups in total. The first-order valence-electron chi connectivity index (χ1n) is 1.57. The predicted molar refractivity (Wildman–Crippen MR) is 28.4 cm³/mol. The number of hydrogen-bond acceptors (Lipinski definition) is 3. The van der Waals surface area contributed by atoms with Crippen LogP contribution in [0.3, 0.4) is 0 Å². The van der Waals surface area contributed by atoms with Crippen LogP contribution in [0, 0.1) is 10.7 Å². The monoisotopic (exact) mass is 113 g/mol. The summed E-state index contributed by atoms with van der Waals surface area (Å²) in [6.45, 7) is 0. The topological polar surface area (TPSA) is 40.9 Å². The second kappa shape index (κ2) is 5.25. The minimum atomic E-state index is 0.629. The van der Waals surface area contributed by atoms with Crippen LogP contribution < -0.4 is 0 Å². The lowest BCUT2D eigenvalue weighted by atomic mass is 10.7. The van der Waals surface area contributed by atoms with Crippen LogP contribution >= 0.6 is 11.8 Å². The van der Waals surface area contributed by atoms with E-state index in [-0.39, 0.29) is 0 Å². The maximum absolute atomic E-state index is 9.47. The molecule has 0 bridgehead atoms. The van der Waals surface area contributed by atoms with E-state index in [0.717, 1.165) is 11.8 Å². The zero-order valence-electron chi connectivity index (χ0n) is 3.50. The summed E-state index contributed by atoms with van der Waals surface area (Å²) in [7, 11) is 0. The van der Waals surface area contributed by atoms with Crippen molar-refractivity contribution in [2.45, 2.75) is 0 Å². The maximum Gasteiger partial charge on any atom is 0.143 e. The van der Waals surface area contributed by atoms with Gasteiger partial charge < -0.3 is 0 Å². The molecule has 0 amide bonds. The molecule has 0 saturated heterocycles. The Bertz CT molecular complexity index is 113. The van der Waals surface area contributed by atoms with Gasteiger partial charge in [0.15, 0.2) is 0 Å². The predicted octanol–water partition coefficient (Wildman–Crippen LogP) is 0.913. The average Bonchev–Trinajstić information content (AvgIpc) is 1.69. The van der Waals surface area contributed by atoms with Crippen LogP contribution in [0.15, 0.2) is 11.5 Å². The van der Waals surface area contributed by atoms with Gasteiger partial charge in [-0.25, -0.2) is 0 Å². The normalized spacial score (nSPS) is 8.43. The van der Waals surface area contributed by atoms with Gasteiger partial charge in [-0.15, -0.1) is 0 Å². The average molecular weight is 113 g/mol. The van der Waals surface area contributed by atoms with E-state index in [9.17, 15) is 4.79 Å². The Kier molecular flexibility index (Phi) is 4.69. The number of carbonyl (C=O) groups excluding carboxylic acids is 1. The van der Waals surface area contributed by atoms with Gasteiger partial charge in [-0.2, -0.15) is 5.26 Å². The lowest BCUT2D eigenvalue weighted by Gasteiger charge is -1.62. The number of aldehydes is 1. The molecule has 2 nitrogen and oxygen atoms in total. The Hall–Kier alpha value is -0.750. The van der Waals surface area contributed by atoms with Crippen LogP contribution in [0.2, 0.25) is 0 Å². The smallest absolute Gasteiger partial charge is 0.143 e.